The molecule has 4 amide bonds. The number of nitrogens with zero attached hydrogens (tertiary/aromatic N) is 5. The number of halogens is 1. The Balaban J connectivity index is 1.61. The van der Waals surface area contributed by atoms with E-state index in [1.807, 2.05) is 6.92 Å². The highest BCUT2D eigenvalue weighted by atomic mass is 19.1. The molecule has 1 saturated heterocycles. The summed E-state index contributed by atoms with van der Waals surface area (Å²) in [7, 11) is 3.29. The van der Waals surface area contributed by atoms with E-state index in [2.05, 4.69) is 15.4 Å². The van der Waals surface area contributed by atoms with Crippen LogP contribution in [-0.2, 0) is 23.1 Å². The van der Waals surface area contributed by atoms with Crippen LogP contribution in [0, 0.1) is 25.6 Å². The minimum atomic E-state index is -1.04. The highest BCUT2D eigenvalue weighted by Gasteiger charge is 2.55. The van der Waals surface area contributed by atoms with Gasteiger partial charge in [0.2, 0.25) is 5.91 Å². The van der Waals surface area contributed by atoms with Crippen molar-refractivity contribution in [2.24, 2.45) is 13.0 Å². The standard InChI is InChI=1S/C27H32FN7O3/c1-6-20(18-11-15(2)23(28)16(3)12-18)31-27(38)35-24(26(37)34(5)22-8-10-33(4)32-22)19(25(35)36)13-17-7-9-30-21(29)14-17/h7-12,14,19-20,24H,6,13H2,1-5H3,(H2,29,30)(H,31,38)/t19-,20?,24+/m1/s1. The van der Waals surface area contributed by atoms with Gasteiger partial charge in [0.15, 0.2) is 5.82 Å². The molecule has 3 heterocycles. The summed E-state index contributed by atoms with van der Waals surface area (Å²) >= 11 is 0. The molecule has 0 radical (unpaired) electrons. The summed E-state index contributed by atoms with van der Waals surface area (Å²) < 4.78 is 15.7. The minimum absolute atomic E-state index is 0.218. The second kappa shape index (κ2) is 10.6. The van der Waals surface area contributed by atoms with Crippen molar-refractivity contribution >= 4 is 29.5 Å². The molecule has 2 aromatic heterocycles. The summed E-state index contributed by atoms with van der Waals surface area (Å²) in [5, 5.41) is 7.14. The SMILES string of the molecule is CCC(NC(=O)N1C(=O)[C@H](Cc2ccnc(N)c2)[C@H]1C(=O)N(C)c1ccn(C)n1)c1cc(C)c(F)c(C)c1. The van der Waals surface area contributed by atoms with E-state index in [4.69, 9.17) is 5.73 Å². The smallest absolute Gasteiger partial charge is 0.325 e. The first-order chi connectivity index (χ1) is 18.0. The number of likely N-dealkylation sites (N-methyl/N-ethyl adjacent to an activating group) is 1. The average Bonchev–Trinajstić information content (AvgIpc) is 3.32. The van der Waals surface area contributed by atoms with Gasteiger partial charge in [-0.25, -0.2) is 14.2 Å². The van der Waals surface area contributed by atoms with Crippen LogP contribution >= 0.6 is 0 Å². The molecule has 4 rings (SSSR count). The van der Waals surface area contributed by atoms with Crippen LogP contribution < -0.4 is 16.0 Å². The lowest BCUT2D eigenvalue weighted by atomic mass is 9.81. The van der Waals surface area contributed by atoms with Gasteiger partial charge in [-0.2, -0.15) is 5.10 Å². The lowest BCUT2D eigenvalue weighted by Crippen LogP contribution is -2.70. The minimum Gasteiger partial charge on any atom is -0.384 e. The quantitative estimate of drug-likeness (QED) is 0.460. The molecule has 3 N–H and O–H groups in total. The van der Waals surface area contributed by atoms with E-state index in [9.17, 15) is 18.8 Å². The number of benzene rings is 1. The zero-order chi connectivity index (χ0) is 27.7. The molecule has 38 heavy (non-hydrogen) atoms. The number of anilines is 2. The molecule has 1 aliphatic rings. The van der Waals surface area contributed by atoms with Gasteiger partial charge < -0.3 is 11.1 Å². The maximum Gasteiger partial charge on any atom is 0.325 e. The third-order valence-electron chi connectivity index (χ3n) is 6.93. The van der Waals surface area contributed by atoms with Crippen molar-refractivity contribution in [2.45, 2.75) is 45.7 Å². The van der Waals surface area contributed by atoms with E-state index in [1.165, 1.54) is 11.1 Å². The fourth-order valence-corrected chi connectivity index (χ4v) is 4.85. The Morgan fingerprint density at radius 3 is 2.47 bits per heavy atom. The van der Waals surface area contributed by atoms with Crippen molar-refractivity contribution in [2.75, 3.05) is 17.7 Å². The summed E-state index contributed by atoms with van der Waals surface area (Å²) in [5.41, 5.74) is 8.19. The van der Waals surface area contributed by atoms with Gasteiger partial charge in [-0.15, -0.1) is 0 Å². The molecular formula is C27H32FN7O3. The number of β-lactam (4-membered cyclic amide) rings is 1. The Hall–Kier alpha value is -4.28. The molecule has 3 atom stereocenters. The molecular weight excluding hydrogens is 489 g/mol. The molecule has 1 aromatic carbocycles. The number of nitrogens with two attached hydrogens (primary N) is 1. The van der Waals surface area contributed by atoms with E-state index in [-0.39, 0.29) is 12.2 Å². The zero-order valence-electron chi connectivity index (χ0n) is 22.1. The number of aromatic nitrogens is 3. The lowest BCUT2D eigenvalue weighted by Gasteiger charge is -2.45. The molecule has 10 nitrogen and oxygen atoms in total. The van der Waals surface area contributed by atoms with E-state index in [0.29, 0.717) is 29.2 Å². The van der Waals surface area contributed by atoms with Gasteiger partial charge in [0.25, 0.3) is 5.91 Å². The number of amides is 4. The van der Waals surface area contributed by atoms with Crippen LogP contribution in [-0.4, -0.2) is 50.6 Å². The van der Waals surface area contributed by atoms with Crippen molar-refractivity contribution < 1.29 is 18.8 Å². The van der Waals surface area contributed by atoms with Gasteiger partial charge >= 0.3 is 6.03 Å². The number of pyridine rings is 1. The molecule has 0 spiro atoms. The third kappa shape index (κ3) is 5.09. The second-order valence-electron chi connectivity index (χ2n) is 9.68. The predicted octanol–water partition coefficient (Wildman–Crippen LogP) is 3.05. The number of imide groups is 1. The summed E-state index contributed by atoms with van der Waals surface area (Å²) in [4.78, 5) is 46.7. The van der Waals surface area contributed by atoms with Crippen molar-refractivity contribution in [3.05, 3.63) is 70.8 Å². The van der Waals surface area contributed by atoms with Crippen molar-refractivity contribution in [1.29, 1.82) is 0 Å². The van der Waals surface area contributed by atoms with Crippen LogP contribution in [0.25, 0.3) is 0 Å². The van der Waals surface area contributed by atoms with Crippen molar-refractivity contribution in [1.82, 2.24) is 25.0 Å². The van der Waals surface area contributed by atoms with Crippen LogP contribution in [0.5, 0.6) is 0 Å². The number of hydrogen-bond acceptors (Lipinski definition) is 6. The highest BCUT2D eigenvalue weighted by molar-refractivity contribution is 6.12. The fraction of sp³-hybridized carbons (Fsp3) is 0.370. The Morgan fingerprint density at radius 2 is 1.89 bits per heavy atom. The molecule has 1 fully saturated rings. The summed E-state index contributed by atoms with van der Waals surface area (Å²) in [6, 6.07) is 6.21. The first-order valence-corrected chi connectivity index (χ1v) is 12.4. The van der Waals surface area contributed by atoms with Crippen molar-refractivity contribution in [3.63, 3.8) is 0 Å². The Labute approximate surface area is 220 Å². The summed E-state index contributed by atoms with van der Waals surface area (Å²) in [6.45, 7) is 5.21. The van der Waals surface area contributed by atoms with Crippen LogP contribution in [0.1, 0.15) is 41.6 Å². The summed E-state index contributed by atoms with van der Waals surface area (Å²) in [6.07, 6.45) is 3.96. The first-order valence-electron chi connectivity index (χ1n) is 12.4. The number of carbonyl (C=O) groups excluding carboxylic acids is 3. The van der Waals surface area contributed by atoms with Gasteiger partial charge in [0.1, 0.15) is 17.7 Å². The number of urea groups is 1. The Kier molecular flexibility index (Phi) is 7.47. The van der Waals surface area contributed by atoms with E-state index >= 15 is 0 Å². The molecule has 200 valence electrons. The van der Waals surface area contributed by atoms with E-state index in [0.717, 1.165) is 16.0 Å². The zero-order valence-corrected chi connectivity index (χ0v) is 22.1. The average molecular weight is 522 g/mol. The molecule has 3 aromatic rings. The maximum atomic E-state index is 14.2. The van der Waals surface area contributed by atoms with Crippen LogP contribution in [0.2, 0.25) is 0 Å². The second-order valence-corrected chi connectivity index (χ2v) is 9.68. The van der Waals surface area contributed by atoms with Gasteiger partial charge in [0, 0.05) is 32.6 Å². The third-order valence-corrected chi connectivity index (χ3v) is 6.93. The Bertz CT molecular complexity index is 1370. The first kappa shape index (κ1) is 26.8. The van der Waals surface area contributed by atoms with Gasteiger partial charge in [-0.3, -0.25) is 24.1 Å². The number of rotatable bonds is 7. The van der Waals surface area contributed by atoms with Gasteiger partial charge in [-0.05, 0) is 61.1 Å². The largest absolute Gasteiger partial charge is 0.384 e. The van der Waals surface area contributed by atoms with E-state index in [1.54, 1.807) is 69.2 Å². The number of nitrogens with one attached hydrogen (secondary N) is 1. The topological polar surface area (TPSA) is 126 Å². The molecule has 0 aliphatic carbocycles. The highest BCUT2D eigenvalue weighted by Crippen LogP contribution is 2.33. The van der Waals surface area contributed by atoms with Crippen LogP contribution in [0.15, 0.2) is 42.7 Å². The van der Waals surface area contributed by atoms with Crippen LogP contribution in [0.4, 0.5) is 20.8 Å². The fourth-order valence-electron chi connectivity index (χ4n) is 4.85. The normalized spacial score (nSPS) is 17.6. The van der Waals surface area contributed by atoms with E-state index < -0.39 is 35.8 Å². The molecule has 0 saturated carbocycles. The predicted molar refractivity (Wildman–Crippen MR) is 141 cm³/mol. The number of likely N-dealkylation sites (tertiary alicyclic amines) is 1. The van der Waals surface area contributed by atoms with Gasteiger partial charge in [0.05, 0.1) is 12.0 Å². The molecule has 1 unspecified atom stereocenters. The lowest BCUT2D eigenvalue weighted by molar-refractivity contribution is -0.156. The number of hydrogen-bond donors (Lipinski definition) is 2. The maximum absolute atomic E-state index is 14.2. The molecule has 11 heteroatoms. The number of aryl methyl sites for hydroxylation is 3. The Morgan fingerprint density at radius 1 is 1.21 bits per heavy atom. The monoisotopic (exact) mass is 521 g/mol. The van der Waals surface area contributed by atoms with Gasteiger partial charge in [-0.1, -0.05) is 19.1 Å². The number of carbonyl (C=O) groups is 3. The van der Waals surface area contributed by atoms with Crippen LogP contribution in [0.3, 0.4) is 0 Å². The molecule has 1 aliphatic heterocycles. The summed E-state index contributed by atoms with van der Waals surface area (Å²) in [5.74, 6) is -1.27. The van der Waals surface area contributed by atoms with Crippen molar-refractivity contribution in [3.8, 4) is 0 Å². The molecule has 0 bridgehead atoms. The number of nitrogen functional groups attached to an aromatic ring is 1.